The number of aromatic nitrogens is 1. The van der Waals surface area contributed by atoms with E-state index in [2.05, 4.69) is 15.6 Å². The highest BCUT2D eigenvalue weighted by Gasteiger charge is 2.39. The number of carbonyl (C=O) groups is 4. The molecule has 1 aromatic heterocycles. The summed E-state index contributed by atoms with van der Waals surface area (Å²) >= 11 is 1.28. The molecule has 1 saturated heterocycles. The number of imide groups is 1. The highest BCUT2D eigenvalue weighted by atomic mass is 32.2. The van der Waals surface area contributed by atoms with Crippen molar-refractivity contribution in [2.24, 2.45) is 0 Å². The van der Waals surface area contributed by atoms with Crippen LogP contribution < -0.4 is 10.6 Å². The monoisotopic (exact) mass is 512 g/mol. The fourth-order valence-corrected chi connectivity index (χ4v) is 4.12. The number of rotatable bonds is 7. The van der Waals surface area contributed by atoms with Gasteiger partial charge in [-0.15, -0.1) is 0 Å². The van der Waals surface area contributed by atoms with E-state index in [4.69, 9.17) is 14.2 Å². The summed E-state index contributed by atoms with van der Waals surface area (Å²) in [6.45, 7) is 4.25. The van der Waals surface area contributed by atoms with Crippen LogP contribution in [0.15, 0.2) is 46.5 Å². The van der Waals surface area contributed by atoms with Crippen molar-refractivity contribution < 1.29 is 33.4 Å². The van der Waals surface area contributed by atoms with Gasteiger partial charge in [-0.1, -0.05) is 29.5 Å². The molecule has 3 atom stereocenters. The van der Waals surface area contributed by atoms with Crippen molar-refractivity contribution in [3.05, 3.63) is 53.2 Å². The maximum absolute atomic E-state index is 12.6. The first-order valence-corrected chi connectivity index (χ1v) is 11.7. The molecule has 2 aromatic rings. The van der Waals surface area contributed by atoms with Crippen LogP contribution >= 0.6 is 11.8 Å². The summed E-state index contributed by atoms with van der Waals surface area (Å²) in [5, 5.41) is 14.6. The number of hydrogen-bond acceptors (Lipinski definition) is 10. The Bertz CT molecular complexity index is 1200. The van der Waals surface area contributed by atoms with E-state index in [1.54, 1.807) is 0 Å². The Labute approximate surface area is 211 Å². The predicted octanol–water partition coefficient (Wildman–Crippen LogP) is 2.46. The maximum atomic E-state index is 12.6. The predicted molar refractivity (Wildman–Crippen MR) is 126 cm³/mol. The zero-order valence-electron chi connectivity index (χ0n) is 19.8. The van der Waals surface area contributed by atoms with Crippen molar-refractivity contribution in [1.82, 2.24) is 15.6 Å². The van der Waals surface area contributed by atoms with Gasteiger partial charge in [0.05, 0.1) is 11.1 Å². The number of nitrogens with zero attached hydrogens (tertiary/aromatic N) is 2. The second-order valence-electron chi connectivity index (χ2n) is 7.88. The Balaban J connectivity index is 1.60. The third kappa shape index (κ3) is 7.53. The van der Waals surface area contributed by atoms with Gasteiger partial charge < -0.3 is 19.5 Å². The molecule has 0 spiro atoms. The van der Waals surface area contributed by atoms with Crippen molar-refractivity contribution in [1.29, 1.82) is 5.26 Å². The average Bonchev–Trinajstić information content (AvgIpc) is 3.19. The molecule has 2 heterocycles. The summed E-state index contributed by atoms with van der Waals surface area (Å²) in [6.07, 6.45) is -1.05. The van der Waals surface area contributed by atoms with Crippen molar-refractivity contribution in [3.8, 4) is 6.07 Å². The lowest BCUT2D eigenvalue weighted by Gasteiger charge is -2.17. The van der Waals surface area contributed by atoms with E-state index in [-0.39, 0.29) is 24.2 Å². The van der Waals surface area contributed by atoms with Gasteiger partial charge >= 0.3 is 18.0 Å². The van der Waals surface area contributed by atoms with E-state index < -0.39 is 42.3 Å². The Morgan fingerprint density at radius 3 is 2.56 bits per heavy atom. The number of aryl methyl sites for hydroxylation is 1. The highest BCUT2D eigenvalue weighted by molar-refractivity contribution is 7.99. The van der Waals surface area contributed by atoms with E-state index in [9.17, 15) is 24.4 Å². The topological polar surface area (TPSA) is 157 Å². The number of esters is 2. The minimum absolute atomic E-state index is 0.0211. The Kier molecular flexibility index (Phi) is 8.99. The number of amides is 3. The molecule has 1 unspecified atom stereocenters. The van der Waals surface area contributed by atoms with Crippen LogP contribution in [0.4, 0.5) is 4.79 Å². The second-order valence-corrected chi connectivity index (χ2v) is 8.94. The first kappa shape index (κ1) is 26.7. The van der Waals surface area contributed by atoms with Gasteiger partial charge in [0.15, 0.2) is 0 Å². The van der Waals surface area contributed by atoms with Crippen LogP contribution in [0.1, 0.15) is 41.8 Å². The first-order valence-electron chi connectivity index (χ1n) is 10.9. The number of carbonyl (C=O) groups excluding carboxylic acids is 4. The van der Waals surface area contributed by atoms with Crippen LogP contribution in [0.25, 0.3) is 0 Å². The fraction of sp³-hybridized carbons (Fsp3) is 0.333. The summed E-state index contributed by atoms with van der Waals surface area (Å²) in [4.78, 5) is 52.5. The van der Waals surface area contributed by atoms with Gasteiger partial charge in [-0.25, -0.2) is 9.78 Å². The minimum atomic E-state index is -0.899. The summed E-state index contributed by atoms with van der Waals surface area (Å²) in [5.74, 6) is -1.86. The van der Waals surface area contributed by atoms with Gasteiger partial charge in [-0.05, 0) is 25.1 Å². The van der Waals surface area contributed by atoms with E-state index >= 15 is 0 Å². The van der Waals surface area contributed by atoms with Crippen molar-refractivity contribution in [2.75, 3.05) is 6.61 Å². The Morgan fingerprint density at radius 2 is 1.92 bits per heavy atom. The lowest BCUT2D eigenvalue weighted by molar-refractivity contribution is -0.154. The lowest BCUT2D eigenvalue weighted by Crippen LogP contribution is -2.44. The lowest BCUT2D eigenvalue weighted by atomic mass is 10.2. The number of urea groups is 1. The molecule has 0 radical (unpaired) electrons. The number of ether oxygens (including phenoxy) is 3. The van der Waals surface area contributed by atoms with Crippen LogP contribution in [-0.2, 0) is 23.8 Å². The third-order valence-electron chi connectivity index (χ3n) is 4.96. The van der Waals surface area contributed by atoms with Crippen LogP contribution in [0.3, 0.4) is 0 Å². The van der Waals surface area contributed by atoms with Gasteiger partial charge in [0.1, 0.15) is 36.1 Å². The fourth-order valence-electron chi connectivity index (χ4n) is 3.31. The molecule has 188 valence electrons. The molecule has 1 fully saturated rings. The molecule has 12 heteroatoms. The quantitative estimate of drug-likeness (QED) is 0.528. The molecule has 0 bridgehead atoms. The Morgan fingerprint density at radius 1 is 1.19 bits per heavy atom. The number of pyridine rings is 1. The number of nitrogens with one attached hydrogen (secondary N) is 2. The highest BCUT2D eigenvalue weighted by Crippen LogP contribution is 2.29. The maximum Gasteiger partial charge on any atom is 0.323 e. The van der Waals surface area contributed by atoms with Crippen LogP contribution in [0.2, 0.25) is 0 Å². The summed E-state index contributed by atoms with van der Waals surface area (Å²) in [6, 6.07) is 10.2. The number of nitriles is 1. The summed E-state index contributed by atoms with van der Waals surface area (Å²) in [7, 11) is 0. The molecule has 11 nitrogen and oxygen atoms in total. The SMILES string of the molecule is CC(=O)OC[C@H]1O[C@@H](NC(=O)NC(=O)c2cnc(Sc3ccc(C)cc3)c(C#N)c2)CC1OC(C)=O. The largest absolute Gasteiger partial charge is 0.463 e. The van der Waals surface area contributed by atoms with Gasteiger partial charge in [0, 0.05) is 31.4 Å². The van der Waals surface area contributed by atoms with Gasteiger partial charge in [-0.2, -0.15) is 5.26 Å². The van der Waals surface area contributed by atoms with Crippen molar-refractivity contribution in [3.63, 3.8) is 0 Å². The normalized spacial score (nSPS) is 18.6. The number of hydrogen-bond donors (Lipinski definition) is 2. The third-order valence-corrected chi connectivity index (χ3v) is 5.98. The Hall–Kier alpha value is -3.95. The molecule has 36 heavy (non-hydrogen) atoms. The number of benzene rings is 1. The zero-order chi connectivity index (χ0) is 26.2. The molecule has 1 aromatic carbocycles. The molecular formula is C24H24N4O7S. The van der Waals surface area contributed by atoms with Crippen molar-refractivity contribution >= 4 is 35.6 Å². The van der Waals surface area contributed by atoms with Crippen molar-refractivity contribution in [2.45, 2.75) is 55.5 Å². The molecule has 1 aliphatic heterocycles. The van der Waals surface area contributed by atoms with E-state index in [0.29, 0.717) is 5.03 Å². The smallest absolute Gasteiger partial charge is 0.323 e. The standard InChI is InChI=1S/C24H24N4O7S/c1-13-4-6-18(7-5-13)36-23-16(10-25)8-17(11-26-23)22(31)28-24(32)27-21-9-19(34-15(3)30)20(35-21)12-33-14(2)29/h4-8,11,19-21H,9,12H2,1-3H3,(H2,27,28,31,32)/t19?,20-,21-/m1/s1. The van der Waals surface area contributed by atoms with Crippen LogP contribution in [0, 0.1) is 18.3 Å². The molecule has 3 amide bonds. The molecular weight excluding hydrogens is 488 g/mol. The van der Waals surface area contributed by atoms with Gasteiger partial charge in [-0.3, -0.25) is 19.7 Å². The second kappa shape index (κ2) is 12.1. The summed E-state index contributed by atoms with van der Waals surface area (Å²) in [5.41, 5.74) is 1.31. The first-order chi connectivity index (χ1) is 17.1. The van der Waals surface area contributed by atoms with Gasteiger partial charge in [0.25, 0.3) is 5.91 Å². The van der Waals surface area contributed by atoms with E-state index in [1.165, 1.54) is 37.9 Å². The molecule has 1 aliphatic rings. The van der Waals surface area contributed by atoms with Crippen LogP contribution in [0.5, 0.6) is 0 Å². The molecule has 3 rings (SSSR count). The van der Waals surface area contributed by atoms with E-state index in [1.807, 2.05) is 37.3 Å². The molecule has 0 aliphatic carbocycles. The van der Waals surface area contributed by atoms with E-state index in [0.717, 1.165) is 10.5 Å². The summed E-state index contributed by atoms with van der Waals surface area (Å²) < 4.78 is 15.7. The minimum Gasteiger partial charge on any atom is -0.463 e. The molecule has 2 N–H and O–H groups in total. The molecule has 0 saturated carbocycles. The van der Waals surface area contributed by atoms with Crippen LogP contribution in [-0.4, -0.2) is 53.9 Å². The zero-order valence-corrected chi connectivity index (χ0v) is 20.6. The average molecular weight is 513 g/mol. The van der Waals surface area contributed by atoms with Gasteiger partial charge in [0.2, 0.25) is 0 Å².